The number of anilines is 1. The highest BCUT2D eigenvalue weighted by molar-refractivity contribution is 5.91. The molecule has 0 atom stereocenters. The van der Waals surface area contributed by atoms with Gasteiger partial charge in [-0.3, -0.25) is 4.79 Å². The van der Waals surface area contributed by atoms with Crippen LogP contribution in [-0.2, 0) is 4.79 Å². The highest BCUT2D eigenvalue weighted by Gasteiger charge is 2.18. The Bertz CT molecular complexity index is 954. The van der Waals surface area contributed by atoms with E-state index in [0.29, 0.717) is 24.7 Å². The molecule has 5 heteroatoms. The van der Waals surface area contributed by atoms with E-state index in [1.54, 1.807) is 0 Å². The molecule has 1 N–H and O–H groups in total. The Labute approximate surface area is 173 Å². The van der Waals surface area contributed by atoms with Crippen molar-refractivity contribution < 1.29 is 4.79 Å². The monoisotopic (exact) mass is 390 g/mol. The first-order valence-corrected chi connectivity index (χ1v) is 10.3. The third kappa shape index (κ3) is 5.53. The molecule has 0 radical (unpaired) electrons. The quantitative estimate of drug-likeness (QED) is 0.607. The van der Waals surface area contributed by atoms with Crippen molar-refractivity contribution >= 4 is 22.6 Å². The van der Waals surface area contributed by atoms with Gasteiger partial charge in [0.2, 0.25) is 5.91 Å². The van der Waals surface area contributed by atoms with Gasteiger partial charge in [0.25, 0.3) is 0 Å². The molecule has 0 saturated heterocycles. The summed E-state index contributed by atoms with van der Waals surface area (Å²) in [4.78, 5) is 24.2. The lowest BCUT2D eigenvalue weighted by atomic mass is 10.1. The summed E-state index contributed by atoms with van der Waals surface area (Å²) in [6.07, 6.45) is 0.434. The largest absolute Gasteiger partial charge is 0.355 e. The summed E-state index contributed by atoms with van der Waals surface area (Å²) in [7, 11) is 0. The molecule has 1 amide bonds. The standard InChI is InChI=1S/C24H30N4O/c1-17(2)16-28(15-14-22(29)25-18(3)4)24-20-12-8-9-13-21(20)26-23(27-24)19-10-6-5-7-11-19/h5-13,17-18H,14-16H2,1-4H3,(H,25,29). The van der Waals surface area contributed by atoms with Crippen LogP contribution in [0.1, 0.15) is 34.1 Å². The van der Waals surface area contributed by atoms with Crippen molar-refractivity contribution in [2.45, 2.75) is 40.2 Å². The van der Waals surface area contributed by atoms with Gasteiger partial charge in [0.15, 0.2) is 5.82 Å². The molecular formula is C24H30N4O. The minimum Gasteiger partial charge on any atom is -0.355 e. The number of aromatic nitrogens is 2. The molecule has 0 fully saturated rings. The zero-order valence-corrected chi connectivity index (χ0v) is 17.7. The van der Waals surface area contributed by atoms with E-state index in [0.717, 1.165) is 28.8 Å². The van der Waals surface area contributed by atoms with Crippen molar-refractivity contribution in [3.05, 3.63) is 54.6 Å². The molecule has 0 aliphatic rings. The van der Waals surface area contributed by atoms with Crippen molar-refractivity contribution in [3.8, 4) is 11.4 Å². The highest BCUT2D eigenvalue weighted by Crippen LogP contribution is 2.28. The lowest BCUT2D eigenvalue weighted by molar-refractivity contribution is -0.121. The Balaban J connectivity index is 2.01. The molecule has 0 aliphatic heterocycles. The van der Waals surface area contributed by atoms with Gasteiger partial charge in [0.1, 0.15) is 5.82 Å². The van der Waals surface area contributed by atoms with Gasteiger partial charge in [-0.2, -0.15) is 0 Å². The van der Waals surface area contributed by atoms with E-state index in [1.165, 1.54) is 0 Å². The maximum Gasteiger partial charge on any atom is 0.221 e. The first-order chi connectivity index (χ1) is 13.9. The van der Waals surface area contributed by atoms with Gasteiger partial charge in [0.05, 0.1) is 5.52 Å². The van der Waals surface area contributed by atoms with Crippen LogP contribution >= 0.6 is 0 Å². The molecule has 152 valence electrons. The average Bonchev–Trinajstić information content (AvgIpc) is 2.70. The van der Waals surface area contributed by atoms with E-state index in [1.807, 2.05) is 62.4 Å². The van der Waals surface area contributed by atoms with E-state index in [2.05, 4.69) is 30.1 Å². The van der Waals surface area contributed by atoms with E-state index in [-0.39, 0.29) is 11.9 Å². The van der Waals surface area contributed by atoms with Gasteiger partial charge < -0.3 is 10.2 Å². The van der Waals surface area contributed by atoms with Gasteiger partial charge in [-0.05, 0) is 31.9 Å². The third-order valence-corrected chi connectivity index (χ3v) is 4.56. The lowest BCUT2D eigenvalue weighted by Crippen LogP contribution is -2.36. The molecule has 1 aromatic heterocycles. The number of amides is 1. The fourth-order valence-electron chi connectivity index (χ4n) is 3.37. The molecular weight excluding hydrogens is 360 g/mol. The van der Waals surface area contributed by atoms with Crippen molar-refractivity contribution in [3.63, 3.8) is 0 Å². The van der Waals surface area contributed by atoms with Crippen LogP contribution in [-0.4, -0.2) is 35.0 Å². The molecule has 5 nitrogen and oxygen atoms in total. The summed E-state index contributed by atoms with van der Waals surface area (Å²) in [5.41, 5.74) is 1.90. The molecule has 1 heterocycles. The predicted octanol–water partition coefficient (Wildman–Crippen LogP) is 4.67. The first-order valence-electron chi connectivity index (χ1n) is 10.3. The van der Waals surface area contributed by atoms with Crippen LogP contribution in [0.5, 0.6) is 0 Å². The van der Waals surface area contributed by atoms with Gasteiger partial charge >= 0.3 is 0 Å². The predicted molar refractivity (Wildman–Crippen MR) is 120 cm³/mol. The topological polar surface area (TPSA) is 58.1 Å². The average molecular weight is 391 g/mol. The molecule has 0 bridgehead atoms. The summed E-state index contributed by atoms with van der Waals surface area (Å²) in [5, 5.41) is 3.99. The first kappa shape index (κ1) is 20.8. The van der Waals surface area contributed by atoms with Gasteiger partial charge in [-0.25, -0.2) is 9.97 Å². The van der Waals surface area contributed by atoms with Crippen LogP contribution in [0.25, 0.3) is 22.3 Å². The number of para-hydroxylation sites is 1. The minimum absolute atomic E-state index is 0.0652. The molecule has 0 aliphatic carbocycles. The number of rotatable bonds is 8. The number of nitrogens with one attached hydrogen (secondary N) is 1. The summed E-state index contributed by atoms with van der Waals surface area (Å²) in [6, 6.07) is 18.3. The molecule has 2 aromatic carbocycles. The maximum atomic E-state index is 12.3. The van der Waals surface area contributed by atoms with Crippen LogP contribution in [0, 0.1) is 5.92 Å². The number of benzene rings is 2. The number of carbonyl (C=O) groups excluding carboxylic acids is 1. The Kier molecular flexibility index (Phi) is 6.81. The summed E-state index contributed by atoms with van der Waals surface area (Å²) >= 11 is 0. The van der Waals surface area contributed by atoms with Crippen molar-refractivity contribution in [2.24, 2.45) is 5.92 Å². The summed E-state index contributed by atoms with van der Waals surface area (Å²) in [5.74, 6) is 2.10. The Morgan fingerprint density at radius 3 is 2.34 bits per heavy atom. The molecule has 0 spiro atoms. The normalized spacial score (nSPS) is 11.2. The van der Waals surface area contributed by atoms with Crippen molar-refractivity contribution in [1.82, 2.24) is 15.3 Å². The van der Waals surface area contributed by atoms with Crippen molar-refractivity contribution in [1.29, 1.82) is 0 Å². The highest BCUT2D eigenvalue weighted by atomic mass is 16.1. The Hall–Kier alpha value is -2.95. The Morgan fingerprint density at radius 1 is 0.966 bits per heavy atom. The zero-order valence-electron chi connectivity index (χ0n) is 17.7. The van der Waals surface area contributed by atoms with Gasteiger partial charge in [-0.1, -0.05) is 56.3 Å². The Morgan fingerprint density at radius 2 is 1.66 bits per heavy atom. The SMILES string of the molecule is CC(C)CN(CCC(=O)NC(C)C)c1nc(-c2ccccc2)nc2ccccc12. The van der Waals surface area contributed by atoms with Gasteiger partial charge in [-0.15, -0.1) is 0 Å². The third-order valence-electron chi connectivity index (χ3n) is 4.56. The molecule has 0 unspecified atom stereocenters. The summed E-state index contributed by atoms with van der Waals surface area (Å²) in [6.45, 7) is 9.77. The van der Waals surface area contributed by atoms with E-state index >= 15 is 0 Å². The number of fused-ring (bicyclic) bond motifs is 1. The maximum absolute atomic E-state index is 12.3. The second-order valence-electron chi connectivity index (χ2n) is 8.07. The number of carbonyl (C=O) groups is 1. The van der Waals surface area contributed by atoms with Crippen LogP contribution in [0.3, 0.4) is 0 Å². The summed E-state index contributed by atoms with van der Waals surface area (Å²) < 4.78 is 0. The van der Waals surface area contributed by atoms with Crippen LogP contribution in [0.4, 0.5) is 5.82 Å². The molecule has 3 rings (SSSR count). The lowest BCUT2D eigenvalue weighted by Gasteiger charge is -2.27. The van der Waals surface area contributed by atoms with Gasteiger partial charge in [0, 0.05) is 36.5 Å². The number of nitrogens with zero attached hydrogens (tertiary/aromatic N) is 3. The van der Waals surface area contributed by atoms with E-state index in [9.17, 15) is 4.79 Å². The molecule has 3 aromatic rings. The molecule has 29 heavy (non-hydrogen) atoms. The molecule has 0 saturated carbocycles. The van der Waals surface area contributed by atoms with Crippen LogP contribution < -0.4 is 10.2 Å². The van der Waals surface area contributed by atoms with Crippen LogP contribution in [0.2, 0.25) is 0 Å². The van der Waals surface area contributed by atoms with Crippen molar-refractivity contribution in [2.75, 3.05) is 18.0 Å². The van der Waals surface area contributed by atoms with E-state index in [4.69, 9.17) is 9.97 Å². The zero-order chi connectivity index (χ0) is 20.8. The number of hydrogen-bond acceptors (Lipinski definition) is 4. The second-order valence-corrected chi connectivity index (χ2v) is 8.07. The smallest absolute Gasteiger partial charge is 0.221 e. The minimum atomic E-state index is 0.0652. The number of hydrogen-bond donors (Lipinski definition) is 1. The second kappa shape index (κ2) is 9.50. The fraction of sp³-hybridized carbons (Fsp3) is 0.375. The van der Waals surface area contributed by atoms with E-state index < -0.39 is 0 Å². The van der Waals surface area contributed by atoms with Crippen LogP contribution in [0.15, 0.2) is 54.6 Å². The fourth-order valence-corrected chi connectivity index (χ4v) is 3.37.